The summed E-state index contributed by atoms with van der Waals surface area (Å²) in [5.41, 5.74) is 2.15. The van der Waals surface area contributed by atoms with Gasteiger partial charge in [-0.2, -0.15) is 5.10 Å². The van der Waals surface area contributed by atoms with Crippen molar-refractivity contribution in [1.29, 1.82) is 0 Å². The van der Waals surface area contributed by atoms with E-state index in [9.17, 15) is 9.59 Å². The summed E-state index contributed by atoms with van der Waals surface area (Å²) in [6, 6.07) is 14.0. The first kappa shape index (κ1) is 19.5. The maximum atomic E-state index is 12.6. The van der Waals surface area contributed by atoms with Crippen LogP contribution in [0.25, 0.3) is 0 Å². The normalized spacial score (nSPS) is 13.7. The van der Waals surface area contributed by atoms with Crippen LogP contribution in [-0.4, -0.2) is 28.1 Å². The van der Waals surface area contributed by atoms with E-state index in [2.05, 4.69) is 10.4 Å². The van der Waals surface area contributed by atoms with Gasteiger partial charge >= 0.3 is 0 Å². The Morgan fingerprint density at radius 3 is 2.59 bits per heavy atom. The molecule has 0 bridgehead atoms. The van der Waals surface area contributed by atoms with Gasteiger partial charge < -0.3 is 10.2 Å². The summed E-state index contributed by atoms with van der Waals surface area (Å²) in [5.74, 6) is 0.417. The van der Waals surface area contributed by atoms with E-state index in [0.717, 1.165) is 24.2 Å². The highest BCUT2D eigenvalue weighted by Crippen LogP contribution is 2.24. The van der Waals surface area contributed by atoms with Crippen molar-refractivity contribution in [1.82, 2.24) is 9.78 Å². The van der Waals surface area contributed by atoms with Gasteiger partial charge in [-0.25, -0.2) is 4.68 Å². The predicted molar refractivity (Wildman–Crippen MR) is 114 cm³/mol. The molecule has 0 atom stereocenters. The van der Waals surface area contributed by atoms with Crippen LogP contribution >= 0.6 is 23.2 Å². The quantitative estimate of drug-likeness (QED) is 0.644. The zero-order chi connectivity index (χ0) is 20.4. The molecule has 6 nitrogen and oxygen atoms in total. The molecular weight excluding hydrogens is 411 g/mol. The van der Waals surface area contributed by atoms with Crippen molar-refractivity contribution >= 4 is 46.5 Å². The second kappa shape index (κ2) is 8.27. The van der Waals surface area contributed by atoms with E-state index in [4.69, 9.17) is 23.2 Å². The summed E-state index contributed by atoms with van der Waals surface area (Å²) < 4.78 is 1.66. The first-order valence-electron chi connectivity index (χ1n) is 9.19. The lowest BCUT2D eigenvalue weighted by molar-refractivity contribution is -0.117. The standard InChI is InChI=1S/C21H18Cl2N4O2/c22-16-6-3-15(18(23)12-16)13-27-19(9-10-24-27)25-21(29)14-4-7-17(8-5-14)26-11-1-2-20(26)28/h3-10,12H,1-2,11,13H2,(H,25,29). The molecule has 4 rings (SSSR count). The number of nitrogens with one attached hydrogen (secondary N) is 1. The van der Waals surface area contributed by atoms with E-state index in [1.807, 2.05) is 6.07 Å². The number of hydrogen-bond acceptors (Lipinski definition) is 3. The minimum Gasteiger partial charge on any atom is -0.312 e. The Labute approximate surface area is 178 Å². The molecule has 1 aliphatic rings. The molecule has 8 heteroatoms. The molecule has 1 aromatic heterocycles. The monoisotopic (exact) mass is 428 g/mol. The SMILES string of the molecule is O=C(Nc1ccnn1Cc1ccc(Cl)cc1Cl)c1ccc(N2CCCC2=O)cc1. The summed E-state index contributed by atoms with van der Waals surface area (Å²) in [4.78, 5) is 26.2. The van der Waals surface area contributed by atoms with Gasteiger partial charge in [0, 0.05) is 40.3 Å². The molecule has 1 N–H and O–H groups in total. The van der Waals surface area contributed by atoms with Crippen LogP contribution in [0.5, 0.6) is 0 Å². The molecule has 148 valence electrons. The molecule has 1 aliphatic heterocycles. The lowest BCUT2D eigenvalue weighted by Gasteiger charge is -2.16. The van der Waals surface area contributed by atoms with Gasteiger partial charge in [-0.3, -0.25) is 9.59 Å². The van der Waals surface area contributed by atoms with Crippen molar-refractivity contribution in [2.45, 2.75) is 19.4 Å². The predicted octanol–water partition coefficient (Wildman–Crippen LogP) is 4.62. The van der Waals surface area contributed by atoms with Crippen LogP contribution in [0.1, 0.15) is 28.8 Å². The summed E-state index contributed by atoms with van der Waals surface area (Å²) in [6.07, 6.45) is 3.05. The summed E-state index contributed by atoms with van der Waals surface area (Å²) >= 11 is 12.2. The Hall–Kier alpha value is -2.83. The molecule has 0 spiro atoms. The molecule has 0 unspecified atom stereocenters. The van der Waals surface area contributed by atoms with E-state index in [1.54, 1.807) is 58.2 Å². The lowest BCUT2D eigenvalue weighted by atomic mass is 10.2. The first-order valence-corrected chi connectivity index (χ1v) is 9.94. The lowest BCUT2D eigenvalue weighted by Crippen LogP contribution is -2.23. The number of benzene rings is 2. The van der Waals surface area contributed by atoms with Crippen molar-refractivity contribution < 1.29 is 9.59 Å². The van der Waals surface area contributed by atoms with Gasteiger partial charge in [0.05, 0.1) is 12.7 Å². The molecule has 2 amide bonds. The number of hydrogen-bond donors (Lipinski definition) is 1. The summed E-state index contributed by atoms with van der Waals surface area (Å²) in [6.45, 7) is 1.12. The molecule has 1 saturated heterocycles. The number of rotatable bonds is 5. The number of carbonyl (C=O) groups is 2. The molecular formula is C21H18Cl2N4O2. The van der Waals surface area contributed by atoms with Gasteiger partial charge in [0.25, 0.3) is 5.91 Å². The third-order valence-corrected chi connectivity index (χ3v) is 5.39. The van der Waals surface area contributed by atoms with E-state index in [-0.39, 0.29) is 11.8 Å². The van der Waals surface area contributed by atoms with E-state index >= 15 is 0 Å². The fourth-order valence-corrected chi connectivity index (χ4v) is 3.75. The zero-order valence-corrected chi connectivity index (χ0v) is 17.0. The molecule has 2 heterocycles. The van der Waals surface area contributed by atoms with E-state index < -0.39 is 0 Å². The number of halogens is 2. The van der Waals surface area contributed by atoms with Crippen molar-refractivity contribution in [3.63, 3.8) is 0 Å². The van der Waals surface area contributed by atoms with Crippen LogP contribution in [-0.2, 0) is 11.3 Å². The van der Waals surface area contributed by atoms with Gasteiger partial charge in [-0.1, -0.05) is 29.3 Å². The highest BCUT2D eigenvalue weighted by Gasteiger charge is 2.21. The van der Waals surface area contributed by atoms with Gasteiger partial charge in [0.2, 0.25) is 5.91 Å². The van der Waals surface area contributed by atoms with Crippen molar-refractivity contribution in [2.75, 3.05) is 16.8 Å². The van der Waals surface area contributed by atoms with E-state index in [1.165, 1.54) is 0 Å². The van der Waals surface area contributed by atoms with Crippen LogP contribution in [0.3, 0.4) is 0 Å². The Morgan fingerprint density at radius 2 is 1.90 bits per heavy atom. The second-order valence-corrected chi connectivity index (χ2v) is 7.60. The Balaban J connectivity index is 1.46. The minimum absolute atomic E-state index is 0.118. The number of carbonyl (C=O) groups excluding carboxylic acids is 2. The Bertz CT molecular complexity index is 1060. The Kier molecular flexibility index (Phi) is 5.56. The molecule has 2 aromatic carbocycles. The van der Waals surface area contributed by atoms with Crippen LogP contribution in [0.4, 0.5) is 11.5 Å². The third kappa shape index (κ3) is 4.28. The summed E-state index contributed by atoms with van der Waals surface area (Å²) in [5, 5.41) is 8.23. The minimum atomic E-state index is -0.256. The second-order valence-electron chi connectivity index (χ2n) is 6.76. The highest BCUT2D eigenvalue weighted by atomic mass is 35.5. The third-order valence-electron chi connectivity index (χ3n) is 4.81. The highest BCUT2D eigenvalue weighted by molar-refractivity contribution is 6.35. The maximum Gasteiger partial charge on any atom is 0.256 e. The Morgan fingerprint density at radius 1 is 1.10 bits per heavy atom. The van der Waals surface area contributed by atoms with Crippen molar-refractivity contribution in [2.24, 2.45) is 0 Å². The number of amides is 2. The number of nitrogens with zero attached hydrogens (tertiary/aromatic N) is 3. The van der Waals surface area contributed by atoms with Crippen molar-refractivity contribution in [3.8, 4) is 0 Å². The van der Waals surface area contributed by atoms with Gasteiger partial charge in [-0.05, 0) is 48.4 Å². The largest absolute Gasteiger partial charge is 0.312 e. The smallest absolute Gasteiger partial charge is 0.256 e. The topological polar surface area (TPSA) is 67.2 Å². The van der Waals surface area contributed by atoms with Gasteiger partial charge in [0.1, 0.15) is 5.82 Å². The van der Waals surface area contributed by atoms with Crippen LogP contribution in [0, 0.1) is 0 Å². The van der Waals surface area contributed by atoms with Gasteiger partial charge in [0.15, 0.2) is 0 Å². The molecule has 3 aromatic rings. The molecule has 0 aliphatic carbocycles. The number of anilines is 2. The van der Waals surface area contributed by atoms with Crippen LogP contribution < -0.4 is 10.2 Å². The average molecular weight is 429 g/mol. The molecule has 0 saturated carbocycles. The zero-order valence-electron chi connectivity index (χ0n) is 15.4. The van der Waals surface area contributed by atoms with Crippen molar-refractivity contribution in [3.05, 3.63) is 75.9 Å². The maximum absolute atomic E-state index is 12.6. The fourth-order valence-electron chi connectivity index (χ4n) is 3.28. The number of aromatic nitrogens is 2. The summed E-state index contributed by atoms with van der Waals surface area (Å²) in [7, 11) is 0. The molecule has 29 heavy (non-hydrogen) atoms. The van der Waals surface area contributed by atoms with E-state index in [0.29, 0.717) is 34.4 Å². The van der Waals surface area contributed by atoms with Crippen LogP contribution in [0.15, 0.2) is 54.7 Å². The molecule has 1 fully saturated rings. The average Bonchev–Trinajstić information content (AvgIpc) is 3.33. The van der Waals surface area contributed by atoms with Gasteiger partial charge in [-0.15, -0.1) is 0 Å². The van der Waals surface area contributed by atoms with Crippen LogP contribution in [0.2, 0.25) is 10.0 Å². The molecule has 0 radical (unpaired) electrons. The fraction of sp³-hybridized carbons (Fsp3) is 0.190. The first-order chi connectivity index (χ1) is 14.0.